The fourth-order valence-electron chi connectivity index (χ4n) is 3.55. The van der Waals surface area contributed by atoms with Crippen molar-refractivity contribution in [2.24, 2.45) is 0 Å². The molecule has 1 heterocycles. The van der Waals surface area contributed by atoms with Crippen LogP contribution in [-0.2, 0) is 6.42 Å². The van der Waals surface area contributed by atoms with Crippen LogP contribution in [-0.4, -0.2) is 17.5 Å². The van der Waals surface area contributed by atoms with Crippen LogP contribution in [0, 0.1) is 5.82 Å². The third kappa shape index (κ3) is 3.53. The number of carbonyl (C=O) groups excluding carboxylic acids is 1. The van der Waals surface area contributed by atoms with Crippen molar-refractivity contribution in [3.63, 3.8) is 0 Å². The zero-order valence-corrected chi connectivity index (χ0v) is 15.3. The average molecular weight is 381 g/mol. The lowest BCUT2D eigenvalue weighted by molar-refractivity contribution is 0.194. The molecule has 0 spiro atoms. The van der Waals surface area contributed by atoms with Crippen LogP contribution in [0.25, 0.3) is 0 Å². The number of urea groups is 1. The van der Waals surface area contributed by atoms with Gasteiger partial charge >= 0.3 is 6.03 Å². The Kier molecular flexibility index (Phi) is 4.82. The molecule has 3 nitrogen and oxygen atoms in total. The summed E-state index contributed by atoms with van der Waals surface area (Å²) in [5, 5.41) is 3.49. The quantitative estimate of drug-likeness (QED) is 0.611. The molecule has 1 aliphatic heterocycles. The minimum atomic E-state index is -0.339. The van der Waals surface area contributed by atoms with Gasteiger partial charge in [-0.2, -0.15) is 0 Å². The van der Waals surface area contributed by atoms with Crippen molar-refractivity contribution < 1.29 is 9.18 Å². The van der Waals surface area contributed by atoms with E-state index in [1.165, 1.54) is 17.7 Å². The molecule has 0 bridgehead atoms. The van der Waals surface area contributed by atoms with Gasteiger partial charge in [0.1, 0.15) is 5.82 Å². The summed E-state index contributed by atoms with van der Waals surface area (Å²) < 4.78 is 13.1. The third-order valence-electron chi connectivity index (χ3n) is 4.84. The number of rotatable bonds is 2. The number of benzene rings is 3. The topological polar surface area (TPSA) is 32.3 Å². The molecule has 4 rings (SSSR count). The Bertz CT molecular complexity index is 974. The summed E-state index contributed by atoms with van der Waals surface area (Å²) >= 11 is 6.47. The van der Waals surface area contributed by atoms with Crippen molar-refractivity contribution in [2.45, 2.75) is 12.5 Å². The van der Waals surface area contributed by atoms with E-state index < -0.39 is 0 Å². The average Bonchev–Trinajstić information content (AvgIpc) is 2.69. The molecule has 3 aromatic carbocycles. The van der Waals surface area contributed by atoms with Gasteiger partial charge < -0.3 is 10.2 Å². The van der Waals surface area contributed by atoms with Crippen molar-refractivity contribution >= 4 is 23.3 Å². The number of carbonyl (C=O) groups is 1. The lowest BCUT2D eigenvalue weighted by Gasteiger charge is -2.38. The molecular weight excluding hydrogens is 363 g/mol. The van der Waals surface area contributed by atoms with E-state index in [4.69, 9.17) is 11.6 Å². The summed E-state index contributed by atoms with van der Waals surface area (Å²) in [5.74, 6) is -0.339. The first-order valence-corrected chi connectivity index (χ1v) is 9.17. The van der Waals surface area contributed by atoms with Gasteiger partial charge in [-0.1, -0.05) is 54.1 Å². The maximum Gasteiger partial charge on any atom is 0.322 e. The standard InChI is InChI=1S/C22H18ClFN2O/c23-20-8-4-3-7-19(20)21-18-6-2-1-5-15(18)13-14-26(21)22(27)25-17-11-9-16(24)10-12-17/h1-12,21H,13-14H2,(H,25,27)/t21-/m0/s1. The van der Waals surface area contributed by atoms with Gasteiger partial charge in [-0.15, -0.1) is 0 Å². The van der Waals surface area contributed by atoms with Gasteiger partial charge in [-0.3, -0.25) is 0 Å². The second-order valence-corrected chi connectivity index (χ2v) is 6.91. The Morgan fingerprint density at radius 3 is 2.37 bits per heavy atom. The highest BCUT2D eigenvalue weighted by molar-refractivity contribution is 6.31. The van der Waals surface area contributed by atoms with E-state index in [2.05, 4.69) is 11.4 Å². The number of fused-ring (bicyclic) bond motifs is 1. The van der Waals surface area contributed by atoms with Gasteiger partial charge in [0.25, 0.3) is 0 Å². The first kappa shape index (κ1) is 17.6. The molecule has 3 aromatic rings. The minimum Gasteiger partial charge on any atom is -0.313 e. The fourth-order valence-corrected chi connectivity index (χ4v) is 3.79. The molecule has 1 atom stereocenters. The smallest absolute Gasteiger partial charge is 0.313 e. The van der Waals surface area contributed by atoms with E-state index in [-0.39, 0.29) is 17.9 Å². The maximum atomic E-state index is 13.1. The van der Waals surface area contributed by atoms with Gasteiger partial charge in [0, 0.05) is 17.3 Å². The fraction of sp³-hybridized carbons (Fsp3) is 0.136. The summed E-state index contributed by atoms with van der Waals surface area (Å²) in [5.41, 5.74) is 3.73. The number of nitrogens with one attached hydrogen (secondary N) is 1. The third-order valence-corrected chi connectivity index (χ3v) is 5.18. The molecule has 0 fully saturated rings. The summed E-state index contributed by atoms with van der Waals surface area (Å²) in [7, 11) is 0. The van der Waals surface area contributed by atoms with Crippen molar-refractivity contribution in [2.75, 3.05) is 11.9 Å². The predicted molar refractivity (Wildman–Crippen MR) is 106 cm³/mol. The first-order chi connectivity index (χ1) is 13.1. The van der Waals surface area contributed by atoms with E-state index in [1.54, 1.807) is 17.0 Å². The van der Waals surface area contributed by atoms with Crippen LogP contribution >= 0.6 is 11.6 Å². The lowest BCUT2D eigenvalue weighted by Crippen LogP contribution is -2.43. The molecule has 2 amide bonds. The lowest BCUT2D eigenvalue weighted by atomic mass is 9.88. The molecule has 136 valence electrons. The summed E-state index contributed by atoms with van der Waals surface area (Å²) in [4.78, 5) is 14.8. The van der Waals surface area contributed by atoms with E-state index in [1.807, 2.05) is 42.5 Å². The zero-order chi connectivity index (χ0) is 18.8. The molecule has 0 radical (unpaired) electrons. The van der Waals surface area contributed by atoms with Crippen LogP contribution in [0.5, 0.6) is 0 Å². The molecule has 0 aliphatic carbocycles. The number of hydrogen-bond acceptors (Lipinski definition) is 1. The van der Waals surface area contributed by atoms with Crippen LogP contribution < -0.4 is 5.32 Å². The Hall–Kier alpha value is -2.85. The monoisotopic (exact) mass is 380 g/mol. The molecule has 0 saturated heterocycles. The molecule has 0 saturated carbocycles. The molecular formula is C22H18ClFN2O. The number of nitrogens with zero attached hydrogens (tertiary/aromatic N) is 1. The Morgan fingerprint density at radius 2 is 1.63 bits per heavy atom. The molecule has 5 heteroatoms. The van der Waals surface area contributed by atoms with E-state index in [0.29, 0.717) is 17.3 Å². The first-order valence-electron chi connectivity index (χ1n) is 8.79. The van der Waals surface area contributed by atoms with Gasteiger partial charge in [0.15, 0.2) is 0 Å². The normalized spacial score (nSPS) is 15.9. The van der Waals surface area contributed by atoms with Crippen LogP contribution in [0.3, 0.4) is 0 Å². The van der Waals surface area contributed by atoms with Gasteiger partial charge in [0.05, 0.1) is 6.04 Å². The number of anilines is 1. The zero-order valence-electron chi connectivity index (χ0n) is 14.5. The number of hydrogen-bond donors (Lipinski definition) is 1. The SMILES string of the molecule is O=C(Nc1ccc(F)cc1)N1CCc2ccccc2[C@H]1c1ccccc1Cl. The Balaban J connectivity index is 1.71. The second-order valence-electron chi connectivity index (χ2n) is 6.50. The van der Waals surface area contributed by atoms with Crippen molar-refractivity contribution in [3.05, 3.63) is 100 Å². The maximum absolute atomic E-state index is 13.1. The molecule has 0 unspecified atom stereocenters. The highest BCUT2D eigenvalue weighted by atomic mass is 35.5. The van der Waals surface area contributed by atoms with E-state index >= 15 is 0 Å². The molecule has 27 heavy (non-hydrogen) atoms. The highest BCUT2D eigenvalue weighted by Crippen LogP contribution is 2.38. The van der Waals surface area contributed by atoms with Crippen LogP contribution in [0.15, 0.2) is 72.8 Å². The van der Waals surface area contributed by atoms with Gasteiger partial charge in [0.2, 0.25) is 0 Å². The van der Waals surface area contributed by atoms with Crippen LogP contribution in [0.4, 0.5) is 14.9 Å². The van der Waals surface area contributed by atoms with Crippen molar-refractivity contribution in [1.29, 1.82) is 0 Å². The van der Waals surface area contributed by atoms with Crippen LogP contribution in [0.1, 0.15) is 22.7 Å². The van der Waals surface area contributed by atoms with Crippen molar-refractivity contribution in [1.82, 2.24) is 4.90 Å². The summed E-state index contributed by atoms with van der Waals surface area (Å²) in [6, 6.07) is 21.0. The minimum absolute atomic E-state index is 0.235. The predicted octanol–water partition coefficient (Wildman–Crippen LogP) is 5.66. The number of halogens is 2. The van der Waals surface area contributed by atoms with Crippen LogP contribution in [0.2, 0.25) is 5.02 Å². The summed E-state index contributed by atoms with van der Waals surface area (Å²) in [6.07, 6.45) is 0.772. The van der Waals surface area contributed by atoms with E-state index in [0.717, 1.165) is 17.5 Å². The van der Waals surface area contributed by atoms with Gasteiger partial charge in [-0.05, 0) is 53.4 Å². The van der Waals surface area contributed by atoms with Crippen molar-refractivity contribution in [3.8, 4) is 0 Å². The molecule has 1 N–H and O–H groups in total. The summed E-state index contributed by atoms with van der Waals surface area (Å²) in [6.45, 7) is 0.569. The van der Waals surface area contributed by atoms with E-state index in [9.17, 15) is 9.18 Å². The largest absolute Gasteiger partial charge is 0.322 e. The Labute approximate surface area is 162 Å². The second kappa shape index (κ2) is 7.41. The highest BCUT2D eigenvalue weighted by Gasteiger charge is 2.33. The molecule has 0 aromatic heterocycles. The molecule has 1 aliphatic rings. The number of amides is 2. The van der Waals surface area contributed by atoms with Gasteiger partial charge in [-0.25, -0.2) is 9.18 Å². The Morgan fingerprint density at radius 1 is 0.963 bits per heavy atom.